The molecule has 5 nitrogen and oxygen atoms in total. The normalized spacial score (nSPS) is 29.9. The highest BCUT2D eigenvalue weighted by atomic mass is 19.4. The van der Waals surface area contributed by atoms with Gasteiger partial charge >= 0.3 is 6.18 Å². The van der Waals surface area contributed by atoms with E-state index in [-0.39, 0.29) is 24.5 Å². The van der Waals surface area contributed by atoms with Crippen LogP contribution in [0, 0.1) is 0 Å². The van der Waals surface area contributed by atoms with Crippen LogP contribution in [0.5, 0.6) is 0 Å². The summed E-state index contributed by atoms with van der Waals surface area (Å²) in [7, 11) is 0. The molecular weight excluding hydrogens is 311 g/mol. The third-order valence-corrected chi connectivity index (χ3v) is 4.79. The molecule has 3 rings (SSSR count). The van der Waals surface area contributed by atoms with E-state index in [9.17, 15) is 22.8 Å². The van der Waals surface area contributed by atoms with Gasteiger partial charge in [0.2, 0.25) is 11.8 Å². The Morgan fingerprint density at radius 1 is 1.13 bits per heavy atom. The number of piperidine rings is 1. The largest absolute Gasteiger partial charge is 0.406 e. The third-order valence-electron chi connectivity index (χ3n) is 4.79. The Bertz CT molecular complexity index is 479. The molecule has 0 spiro atoms. The smallest absolute Gasteiger partial charge is 0.352 e. The second kappa shape index (κ2) is 6.30. The monoisotopic (exact) mass is 333 g/mol. The van der Waals surface area contributed by atoms with Crippen LogP contribution in [0.4, 0.5) is 13.2 Å². The Kier molecular flexibility index (Phi) is 4.53. The Morgan fingerprint density at radius 3 is 2.48 bits per heavy atom. The molecule has 23 heavy (non-hydrogen) atoms. The molecule has 0 aromatic rings. The van der Waals surface area contributed by atoms with Gasteiger partial charge in [-0.1, -0.05) is 0 Å². The van der Waals surface area contributed by atoms with Crippen LogP contribution in [0.3, 0.4) is 0 Å². The summed E-state index contributed by atoms with van der Waals surface area (Å²) < 4.78 is 37.8. The number of hydrogen-bond donors (Lipinski definition) is 1. The molecule has 2 saturated heterocycles. The summed E-state index contributed by atoms with van der Waals surface area (Å²) in [6, 6.07) is -0.729. The summed E-state index contributed by atoms with van der Waals surface area (Å²) in [4.78, 5) is 27.5. The molecule has 0 aromatic carbocycles. The zero-order valence-electron chi connectivity index (χ0n) is 12.9. The highest BCUT2D eigenvalue weighted by Gasteiger charge is 2.44. The fraction of sp³-hybridized carbons (Fsp3) is 0.867. The summed E-state index contributed by atoms with van der Waals surface area (Å²) in [5.74, 6) is -0.564. The molecule has 3 aliphatic rings. The van der Waals surface area contributed by atoms with Crippen LogP contribution < -0.4 is 5.32 Å². The number of likely N-dealkylation sites (tertiary alicyclic amines) is 2. The van der Waals surface area contributed by atoms with E-state index in [1.165, 1.54) is 0 Å². The highest BCUT2D eigenvalue weighted by molar-refractivity contribution is 5.86. The molecule has 0 radical (unpaired) electrons. The Hall–Kier alpha value is -1.31. The molecule has 0 bridgehead atoms. The van der Waals surface area contributed by atoms with E-state index < -0.39 is 24.7 Å². The first kappa shape index (κ1) is 16.5. The average Bonchev–Trinajstić information content (AvgIpc) is 3.13. The lowest BCUT2D eigenvalue weighted by atomic mass is 10.0. The first-order valence-corrected chi connectivity index (χ1v) is 8.27. The maximum Gasteiger partial charge on any atom is 0.406 e. The molecule has 0 aromatic heterocycles. The van der Waals surface area contributed by atoms with Gasteiger partial charge in [0.05, 0.1) is 12.1 Å². The quantitative estimate of drug-likeness (QED) is 0.843. The summed E-state index contributed by atoms with van der Waals surface area (Å²) in [6.45, 7) is -0.463. The highest BCUT2D eigenvalue weighted by Crippen LogP contribution is 2.29. The van der Waals surface area contributed by atoms with Gasteiger partial charge in [-0.05, 0) is 45.1 Å². The Morgan fingerprint density at radius 2 is 1.83 bits per heavy atom. The van der Waals surface area contributed by atoms with Gasteiger partial charge in [0, 0.05) is 12.6 Å². The summed E-state index contributed by atoms with van der Waals surface area (Å²) in [5.41, 5.74) is 0. The lowest BCUT2D eigenvalue weighted by molar-refractivity contribution is -0.168. The number of alkyl halides is 3. The zero-order chi connectivity index (χ0) is 16.6. The number of nitrogens with zero attached hydrogens (tertiary/aromatic N) is 2. The predicted molar refractivity (Wildman–Crippen MR) is 76.5 cm³/mol. The van der Waals surface area contributed by atoms with Crippen molar-refractivity contribution in [1.29, 1.82) is 0 Å². The van der Waals surface area contributed by atoms with Crippen molar-refractivity contribution in [2.24, 2.45) is 0 Å². The topological polar surface area (TPSA) is 52.7 Å². The van der Waals surface area contributed by atoms with Crippen LogP contribution in [-0.4, -0.2) is 65.6 Å². The molecule has 1 aliphatic carbocycles. The van der Waals surface area contributed by atoms with Crippen LogP contribution in [0.1, 0.15) is 38.5 Å². The minimum absolute atomic E-state index is 0.0780. The summed E-state index contributed by atoms with van der Waals surface area (Å²) in [5, 5.41) is 2.94. The fourth-order valence-electron chi connectivity index (χ4n) is 3.57. The van der Waals surface area contributed by atoms with E-state index in [2.05, 4.69) is 5.32 Å². The van der Waals surface area contributed by atoms with Crippen LogP contribution in [0.15, 0.2) is 0 Å². The molecule has 2 amide bonds. The standard InChI is InChI=1S/C15H22F3N3O2/c16-15(17,18)9-20-7-1-4-12(14(20)23)21-8-2-3-11(21)13(22)19-10-5-6-10/h10-12H,1-9H2,(H,19,22). The molecule has 1 N–H and O–H groups in total. The lowest BCUT2D eigenvalue weighted by Crippen LogP contribution is -2.57. The van der Waals surface area contributed by atoms with Crippen LogP contribution in [0.25, 0.3) is 0 Å². The third kappa shape index (κ3) is 3.97. The van der Waals surface area contributed by atoms with Gasteiger partial charge in [-0.3, -0.25) is 14.5 Å². The molecule has 8 heteroatoms. The van der Waals surface area contributed by atoms with Gasteiger partial charge in [0.1, 0.15) is 6.54 Å². The number of rotatable bonds is 4. The van der Waals surface area contributed by atoms with Crippen molar-refractivity contribution in [2.75, 3.05) is 19.6 Å². The maximum absolute atomic E-state index is 12.6. The first-order valence-electron chi connectivity index (χ1n) is 8.27. The van der Waals surface area contributed by atoms with Crippen LogP contribution in [-0.2, 0) is 9.59 Å². The number of halogens is 3. The van der Waals surface area contributed by atoms with Gasteiger partial charge in [0.15, 0.2) is 0 Å². The van der Waals surface area contributed by atoms with Gasteiger partial charge in [-0.2, -0.15) is 13.2 Å². The van der Waals surface area contributed by atoms with Crippen molar-refractivity contribution in [1.82, 2.24) is 15.1 Å². The second-order valence-corrected chi connectivity index (χ2v) is 6.71. The zero-order valence-corrected chi connectivity index (χ0v) is 12.9. The van der Waals surface area contributed by atoms with Gasteiger partial charge in [0.25, 0.3) is 0 Å². The van der Waals surface area contributed by atoms with Gasteiger partial charge in [-0.25, -0.2) is 0 Å². The summed E-state index contributed by atoms with van der Waals surface area (Å²) in [6.07, 6.45) is 0.124. The van der Waals surface area contributed by atoms with E-state index in [1.807, 2.05) is 4.90 Å². The van der Waals surface area contributed by atoms with E-state index in [0.717, 1.165) is 24.2 Å². The van der Waals surface area contributed by atoms with Crippen LogP contribution in [0.2, 0.25) is 0 Å². The lowest BCUT2D eigenvalue weighted by Gasteiger charge is -2.39. The molecular formula is C15H22F3N3O2. The van der Waals surface area contributed by atoms with Crippen LogP contribution >= 0.6 is 0 Å². The molecule has 2 heterocycles. The predicted octanol–water partition coefficient (Wildman–Crippen LogP) is 1.28. The van der Waals surface area contributed by atoms with Crippen molar-refractivity contribution in [3.8, 4) is 0 Å². The maximum atomic E-state index is 12.6. The number of carbonyl (C=O) groups excluding carboxylic acids is 2. The van der Waals surface area contributed by atoms with Crippen molar-refractivity contribution in [2.45, 2.75) is 62.8 Å². The Balaban J connectivity index is 1.66. The fourth-order valence-corrected chi connectivity index (χ4v) is 3.57. The van der Waals surface area contributed by atoms with E-state index in [4.69, 9.17) is 0 Å². The molecule has 2 unspecified atom stereocenters. The number of nitrogens with one attached hydrogen (secondary N) is 1. The van der Waals surface area contributed by atoms with Gasteiger partial charge in [-0.15, -0.1) is 0 Å². The van der Waals surface area contributed by atoms with Crippen molar-refractivity contribution in [3.63, 3.8) is 0 Å². The molecule has 2 atom stereocenters. The molecule has 2 aliphatic heterocycles. The summed E-state index contributed by atoms with van der Waals surface area (Å²) >= 11 is 0. The molecule has 3 fully saturated rings. The van der Waals surface area contributed by atoms with Crippen molar-refractivity contribution >= 4 is 11.8 Å². The number of hydrogen-bond acceptors (Lipinski definition) is 3. The SMILES string of the molecule is O=C(NC1CC1)C1CCCN1C1CCCN(CC(F)(F)F)C1=O. The van der Waals surface area contributed by atoms with Crippen molar-refractivity contribution in [3.05, 3.63) is 0 Å². The molecule has 1 saturated carbocycles. The minimum Gasteiger partial charge on any atom is -0.352 e. The van der Waals surface area contributed by atoms with Gasteiger partial charge < -0.3 is 10.2 Å². The molecule has 130 valence electrons. The number of carbonyl (C=O) groups is 2. The minimum atomic E-state index is -4.38. The van der Waals surface area contributed by atoms with E-state index >= 15 is 0 Å². The van der Waals surface area contributed by atoms with Crippen molar-refractivity contribution < 1.29 is 22.8 Å². The number of amides is 2. The Labute approximate surface area is 133 Å². The average molecular weight is 333 g/mol. The van der Waals surface area contributed by atoms with E-state index in [0.29, 0.717) is 25.8 Å². The van der Waals surface area contributed by atoms with E-state index in [1.54, 1.807) is 0 Å². The second-order valence-electron chi connectivity index (χ2n) is 6.71. The first-order chi connectivity index (χ1) is 10.8.